The van der Waals surface area contributed by atoms with Gasteiger partial charge >= 0.3 is 0 Å². The highest BCUT2D eigenvalue weighted by Gasteiger charge is 2.10. The Hall–Kier alpha value is -1.53. The maximum absolute atomic E-state index is 12.3. The van der Waals surface area contributed by atoms with Crippen LogP contribution in [0.25, 0.3) is 0 Å². The van der Waals surface area contributed by atoms with E-state index in [1.54, 1.807) is 25.3 Å². The molecule has 0 bridgehead atoms. The Kier molecular flexibility index (Phi) is 5.64. The lowest BCUT2D eigenvalue weighted by molar-refractivity contribution is 0.342. The molecule has 6 heteroatoms. The number of ether oxygens (including phenoxy) is 2. The fourth-order valence-corrected chi connectivity index (χ4v) is 3.15. The molecule has 1 unspecified atom stereocenters. The molecule has 0 aliphatic rings. The minimum Gasteiger partial charge on any atom is -0.497 e. The SMILES string of the molecule is COc1ccc(N)c(S(=O)CCOc2cccc(Br)c2)c1. The highest BCUT2D eigenvalue weighted by atomic mass is 79.9. The predicted octanol–water partition coefficient (Wildman–Crippen LogP) is 3.23. The molecule has 0 aliphatic heterocycles. The second-order valence-corrected chi connectivity index (χ2v) is 6.71. The lowest BCUT2D eigenvalue weighted by Crippen LogP contribution is -2.10. The molecule has 0 aromatic heterocycles. The molecular formula is C15H16BrNO3S. The molecule has 0 spiro atoms. The number of nitrogens with two attached hydrogens (primary N) is 1. The highest BCUT2D eigenvalue weighted by Crippen LogP contribution is 2.23. The lowest BCUT2D eigenvalue weighted by Gasteiger charge is -2.09. The summed E-state index contributed by atoms with van der Waals surface area (Å²) in [6.45, 7) is 0.347. The molecule has 0 saturated carbocycles. The summed E-state index contributed by atoms with van der Waals surface area (Å²) in [5, 5.41) is 0. The van der Waals surface area contributed by atoms with Crippen molar-refractivity contribution < 1.29 is 13.7 Å². The van der Waals surface area contributed by atoms with Crippen LogP contribution >= 0.6 is 15.9 Å². The maximum atomic E-state index is 12.3. The highest BCUT2D eigenvalue weighted by molar-refractivity contribution is 9.10. The van der Waals surface area contributed by atoms with E-state index in [1.807, 2.05) is 24.3 Å². The van der Waals surface area contributed by atoms with Crippen LogP contribution in [0.3, 0.4) is 0 Å². The molecular weight excluding hydrogens is 354 g/mol. The predicted molar refractivity (Wildman–Crippen MR) is 88.3 cm³/mol. The van der Waals surface area contributed by atoms with Gasteiger partial charge in [0.05, 0.1) is 28.6 Å². The molecule has 0 radical (unpaired) electrons. The standard InChI is InChI=1S/C15H16BrNO3S/c1-19-12-5-6-14(17)15(10-12)21(18)8-7-20-13-4-2-3-11(16)9-13/h2-6,9-10H,7-8,17H2,1H3. The summed E-state index contributed by atoms with van der Waals surface area (Å²) in [5.41, 5.74) is 6.35. The molecule has 21 heavy (non-hydrogen) atoms. The molecule has 4 nitrogen and oxygen atoms in total. The molecule has 0 fully saturated rings. The maximum Gasteiger partial charge on any atom is 0.120 e. The van der Waals surface area contributed by atoms with Crippen LogP contribution in [0, 0.1) is 0 Å². The molecule has 0 heterocycles. The van der Waals surface area contributed by atoms with E-state index in [2.05, 4.69) is 15.9 Å². The van der Waals surface area contributed by atoms with Crippen LogP contribution < -0.4 is 15.2 Å². The topological polar surface area (TPSA) is 61.5 Å². The van der Waals surface area contributed by atoms with Gasteiger partial charge in [-0.25, -0.2) is 0 Å². The van der Waals surface area contributed by atoms with Crippen LogP contribution in [-0.2, 0) is 10.8 Å². The van der Waals surface area contributed by atoms with Crippen molar-refractivity contribution in [3.05, 3.63) is 46.9 Å². The first kappa shape index (κ1) is 15.9. The minimum absolute atomic E-state index is 0.347. The molecule has 112 valence electrons. The number of nitrogen functional groups attached to an aromatic ring is 1. The van der Waals surface area contributed by atoms with E-state index in [0.29, 0.717) is 28.7 Å². The largest absolute Gasteiger partial charge is 0.497 e. The smallest absolute Gasteiger partial charge is 0.120 e. The fourth-order valence-electron chi connectivity index (χ4n) is 1.74. The zero-order valence-corrected chi connectivity index (χ0v) is 13.9. The molecule has 2 aromatic rings. The summed E-state index contributed by atoms with van der Waals surface area (Å²) in [7, 11) is 0.336. The Bertz CT molecular complexity index is 649. The van der Waals surface area contributed by atoms with E-state index in [0.717, 1.165) is 10.2 Å². The van der Waals surface area contributed by atoms with Gasteiger partial charge in [0.1, 0.15) is 18.1 Å². The molecule has 2 N–H and O–H groups in total. The Labute approximate surface area is 134 Å². The third-order valence-electron chi connectivity index (χ3n) is 2.80. The normalized spacial score (nSPS) is 11.9. The fraction of sp³-hybridized carbons (Fsp3) is 0.200. The molecule has 2 aromatic carbocycles. The minimum atomic E-state index is -1.23. The Morgan fingerprint density at radius 2 is 2.00 bits per heavy atom. The zero-order chi connectivity index (χ0) is 15.2. The molecule has 2 rings (SSSR count). The van der Waals surface area contributed by atoms with E-state index < -0.39 is 10.8 Å². The lowest BCUT2D eigenvalue weighted by atomic mass is 10.3. The number of hydrogen-bond donors (Lipinski definition) is 1. The van der Waals surface area contributed by atoms with E-state index >= 15 is 0 Å². The van der Waals surface area contributed by atoms with Gasteiger partial charge in [-0.3, -0.25) is 4.21 Å². The number of rotatable bonds is 6. The van der Waals surface area contributed by atoms with Crippen molar-refractivity contribution in [2.75, 3.05) is 25.2 Å². The number of anilines is 1. The van der Waals surface area contributed by atoms with Crippen LogP contribution in [0.2, 0.25) is 0 Å². The van der Waals surface area contributed by atoms with Gasteiger partial charge in [-0.2, -0.15) is 0 Å². The van der Waals surface area contributed by atoms with Crippen LogP contribution in [-0.4, -0.2) is 23.7 Å². The second kappa shape index (κ2) is 7.47. The summed E-state index contributed by atoms with van der Waals surface area (Å²) in [6, 6.07) is 12.7. The summed E-state index contributed by atoms with van der Waals surface area (Å²) < 4.78 is 23.9. The van der Waals surface area contributed by atoms with Crippen molar-refractivity contribution in [2.24, 2.45) is 0 Å². The second-order valence-electron chi connectivity index (χ2n) is 4.26. The van der Waals surface area contributed by atoms with E-state index in [-0.39, 0.29) is 0 Å². The molecule has 1 atom stereocenters. The van der Waals surface area contributed by atoms with Crippen LogP contribution in [0.1, 0.15) is 0 Å². The summed E-state index contributed by atoms with van der Waals surface area (Å²) in [4.78, 5) is 0.576. The van der Waals surface area contributed by atoms with Crippen molar-refractivity contribution in [2.45, 2.75) is 4.90 Å². The van der Waals surface area contributed by atoms with Crippen molar-refractivity contribution >= 4 is 32.4 Å². The Morgan fingerprint density at radius 1 is 1.19 bits per heavy atom. The Balaban J connectivity index is 1.96. The van der Waals surface area contributed by atoms with Gasteiger partial charge in [0, 0.05) is 10.2 Å². The van der Waals surface area contributed by atoms with Gasteiger partial charge in [0.2, 0.25) is 0 Å². The van der Waals surface area contributed by atoms with Gasteiger partial charge in [0.25, 0.3) is 0 Å². The number of benzene rings is 2. The van der Waals surface area contributed by atoms with Gasteiger partial charge in [-0.1, -0.05) is 22.0 Å². The quantitative estimate of drug-likeness (QED) is 0.794. The van der Waals surface area contributed by atoms with Crippen molar-refractivity contribution in [3.63, 3.8) is 0 Å². The van der Waals surface area contributed by atoms with Gasteiger partial charge < -0.3 is 15.2 Å². The van der Waals surface area contributed by atoms with Gasteiger partial charge in [-0.05, 0) is 36.4 Å². The third kappa shape index (κ3) is 4.47. The number of hydrogen-bond acceptors (Lipinski definition) is 4. The van der Waals surface area contributed by atoms with Gasteiger partial charge in [0.15, 0.2) is 0 Å². The summed E-state index contributed by atoms with van der Waals surface area (Å²) >= 11 is 3.37. The van der Waals surface area contributed by atoms with Crippen molar-refractivity contribution in [3.8, 4) is 11.5 Å². The summed E-state index contributed by atoms with van der Waals surface area (Å²) in [6.07, 6.45) is 0. The first-order valence-electron chi connectivity index (χ1n) is 6.30. The first-order valence-corrected chi connectivity index (χ1v) is 8.41. The average molecular weight is 370 g/mol. The van der Waals surface area contributed by atoms with Crippen LogP contribution in [0.5, 0.6) is 11.5 Å². The Morgan fingerprint density at radius 3 is 2.71 bits per heavy atom. The number of methoxy groups -OCH3 is 1. The molecule has 0 amide bonds. The molecule has 0 aliphatic carbocycles. The van der Waals surface area contributed by atoms with E-state index in [1.165, 1.54) is 0 Å². The van der Waals surface area contributed by atoms with E-state index in [4.69, 9.17) is 15.2 Å². The van der Waals surface area contributed by atoms with Crippen LogP contribution in [0.4, 0.5) is 5.69 Å². The first-order chi connectivity index (χ1) is 10.1. The third-order valence-corrected chi connectivity index (χ3v) is 4.67. The van der Waals surface area contributed by atoms with Gasteiger partial charge in [-0.15, -0.1) is 0 Å². The summed E-state index contributed by atoms with van der Waals surface area (Å²) in [5.74, 6) is 1.74. The van der Waals surface area contributed by atoms with Crippen LogP contribution in [0.15, 0.2) is 51.8 Å². The average Bonchev–Trinajstić information content (AvgIpc) is 2.47. The van der Waals surface area contributed by atoms with Crippen molar-refractivity contribution in [1.29, 1.82) is 0 Å². The molecule has 0 saturated heterocycles. The monoisotopic (exact) mass is 369 g/mol. The van der Waals surface area contributed by atoms with Crippen molar-refractivity contribution in [1.82, 2.24) is 0 Å². The van der Waals surface area contributed by atoms with E-state index in [9.17, 15) is 4.21 Å². The zero-order valence-electron chi connectivity index (χ0n) is 11.5. The number of halogens is 1.